The summed E-state index contributed by atoms with van der Waals surface area (Å²) in [5.74, 6) is 0.127. The molecule has 2 atom stereocenters. The van der Waals surface area contributed by atoms with Gasteiger partial charge in [0, 0.05) is 24.1 Å². The lowest BCUT2D eigenvalue weighted by Crippen LogP contribution is -2.51. The number of rotatable bonds is 3. The minimum atomic E-state index is -0.539. The molecule has 0 saturated heterocycles. The van der Waals surface area contributed by atoms with Gasteiger partial charge >= 0.3 is 0 Å². The summed E-state index contributed by atoms with van der Waals surface area (Å²) >= 11 is 0. The zero-order valence-corrected chi connectivity index (χ0v) is 14.2. The summed E-state index contributed by atoms with van der Waals surface area (Å²) < 4.78 is 7.05. The van der Waals surface area contributed by atoms with Crippen molar-refractivity contribution in [2.45, 2.75) is 45.6 Å². The molecule has 1 aromatic heterocycles. The SMILES string of the molecule is COCCn1cc2c(n1)C1(C)C=C(C#N)C(=O)C(C)(C)C1CC2. The molecule has 2 aliphatic carbocycles. The number of hydrogen-bond acceptors (Lipinski definition) is 4. The number of nitriles is 1. The number of fused-ring (bicyclic) bond motifs is 3. The van der Waals surface area contributed by atoms with Crippen molar-refractivity contribution in [3.8, 4) is 6.07 Å². The van der Waals surface area contributed by atoms with Gasteiger partial charge in [0.05, 0.1) is 24.4 Å². The minimum absolute atomic E-state index is 0.0373. The van der Waals surface area contributed by atoms with Crippen molar-refractivity contribution in [3.63, 3.8) is 0 Å². The lowest BCUT2D eigenvalue weighted by Gasteiger charge is -2.49. The maximum atomic E-state index is 12.6. The molecule has 122 valence electrons. The number of allylic oxidation sites excluding steroid dienone is 2. The molecule has 5 nitrogen and oxygen atoms in total. The third-order valence-electron chi connectivity index (χ3n) is 5.56. The van der Waals surface area contributed by atoms with Gasteiger partial charge in [0.1, 0.15) is 6.07 Å². The smallest absolute Gasteiger partial charge is 0.178 e. The van der Waals surface area contributed by atoms with Crippen LogP contribution in [0.15, 0.2) is 17.8 Å². The number of Topliss-reactive ketones (excluding diaryl/α,β-unsaturated/α-hetero) is 1. The molecule has 0 aromatic carbocycles. The van der Waals surface area contributed by atoms with Gasteiger partial charge < -0.3 is 4.74 Å². The molecule has 2 aliphatic rings. The minimum Gasteiger partial charge on any atom is -0.383 e. The third-order valence-corrected chi connectivity index (χ3v) is 5.56. The highest BCUT2D eigenvalue weighted by atomic mass is 16.5. The second-order valence-electron chi connectivity index (χ2n) is 7.35. The van der Waals surface area contributed by atoms with Gasteiger partial charge in [0.15, 0.2) is 5.78 Å². The quantitative estimate of drug-likeness (QED) is 0.859. The summed E-state index contributed by atoms with van der Waals surface area (Å²) in [6.07, 6.45) is 5.80. The number of carbonyl (C=O) groups is 1. The number of aryl methyl sites for hydroxylation is 1. The van der Waals surface area contributed by atoms with E-state index in [0.717, 1.165) is 18.5 Å². The molecule has 2 unspecified atom stereocenters. The van der Waals surface area contributed by atoms with Gasteiger partial charge in [0.2, 0.25) is 0 Å². The monoisotopic (exact) mass is 313 g/mol. The second kappa shape index (κ2) is 5.31. The lowest BCUT2D eigenvalue weighted by atomic mass is 9.52. The number of ether oxygens (including phenoxy) is 1. The molecule has 0 radical (unpaired) electrons. The van der Waals surface area contributed by atoms with Crippen LogP contribution in [0.2, 0.25) is 0 Å². The number of carbonyl (C=O) groups excluding carboxylic acids is 1. The molecule has 1 heterocycles. The van der Waals surface area contributed by atoms with Crippen LogP contribution in [0.1, 0.15) is 38.4 Å². The topological polar surface area (TPSA) is 67.9 Å². The maximum absolute atomic E-state index is 12.6. The van der Waals surface area contributed by atoms with Gasteiger partial charge in [-0.25, -0.2) is 0 Å². The second-order valence-corrected chi connectivity index (χ2v) is 7.35. The van der Waals surface area contributed by atoms with Crippen LogP contribution < -0.4 is 0 Å². The Kier molecular flexibility index (Phi) is 3.68. The van der Waals surface area contributed by atoms with E-state index in [9.17, 15) is 10.1 Å². The number of aromatic nitrogens is 2. The van der Waals surface area contributed by atoms with Crippen LogP contribution in [-0.4, -0.2) is 29.3 Å². The molecule has 23 heavy (non-hydrogen) atoms. The highest BCUT2D eigenvalue weighted by molar-refractivity contribution is 6.04. The van der Waals surface area contributed by atoms with E-state index < -0.39 is 5.41 Å². The molecular weight excluding hydrogens is 290 g/mol. The first-order valence-corrected chi connectivity index (χ1v) is 8.08. The van der Waals surface area contributed by atoms with E-state index in [1.165, 1.54) is 5.56 Å². The Labute approximate surface area is 136 Å². The van der Waals surface area contributed by atoms with Crippen molar-refractivity contribution in [1.29, 1.82) is 5.26 Å². The van der Waals surface area contributed by atoms with Crippen LogP contribution in [0.5, 0.6) is 0 Å². The number of ketones is 1. The Bertz CT molecular complexity index is 723. The first kappa shape index (κ1) is 15.9. The van der Waals surface area contributed by atoms with Crippen LogP contribution in [0.4, 0.5) is 0 Å². The van der Waals surface area contributed by atoms with Crippen molar-refractivity contribution >= 4 is 5.78 Å². The average molecular weight is 313 g/mol. The zero-order chi connectivity index (χ0) is 16.8. The van der Waals surface area contributed by atoms with Crippen LogP contribution >= 0.6 is 0 Å². The van der Waals surface area contributed by atoms with E-state index >= 15 is 0 Å². The summed E-state index contributed by atoms with van der Waals surface area (Å²) in [6.45, 7) is 7.38. The molecule has 3 rings (SSSR count). The largest absolute Gasteiger partial charge is 0.383 e. The summed E-state index contributed by atoms with van der Waals surface area (Å²) in [5, 5.41) is 14.2. The normalized spacial score (nSPS) is 28.6. The highest BCUT2D eigenvalue weighted by Gasteiger charge is 2.54. The van der Waals surface area contributed by atoms with Gasteiger partial charge in [-0.15, -0.1) is 0 Å². The Morgan fingerprint density at radius 3 is 2.87 bits per heavy atom. The van der Waals surface area contributed by atoms with Gasteiger partial charge in [-0.3, -0.25) is 9.48 Å². The Morgan fingerprint density at radius 2 is 2.22 bits per heavy atom. The van der Waals surface area contributed by atoms with Crippen molar-refractivity contribution < 1.29 is 9.53 Å². The van der Waals surface area contributed by atoms with Gasteiger partial charge in [-0.2, -0.15) is 10.4 Å². The third kappa shape index (κ3) is 2.24. The first-order valence-electron chi connectivity index (χ1n) is 8.08. The Balaban J connectivity index is 2.12. The van der Waals surface area contributed by atoms with Crippen molar-refractivity contribution in [2.75, 3.05) is 13.7 Å². The van der Waals surface area contributed by atoms with Crippen molar-refractivity contribution in [1.82, 2.24) is 9.78 Å². The van der Waals surface area contributed by atoms with E-state index in [0.29, 0.717) is 13.2 Å². The molecule has 5 heteroatoms. The van der Waals surface area contributed by atoms with E-state index in [2.05, 4.69) is 19.2 Å². The summed E-state index contributed by atoms with van der Waals surface area (Å²) in [6, 6.07) is 2.10. The van der Waals surface area contributed by atoms with E-state index in [1.54, 1.807) is 7.11 Å². The molecule has 1 aromatic rings. The van der Waals surface area contributed by atoms with Gasteiger partial charge in [-0.05, 0) is 24.3 Å². The fourth-order valence-electron chi connectivity index (χ4n) is 4.40. The Morgan fingerprint density at radius 1 is 1.48 bits per heavy atom. The van der Waals surface area contributed by atoms with Crippen molar-refractivity contribution in [2.24, 2.45) is 11.3 Å². The first-order chi connectivity index (χ1) is 10.8. The van der Waals surface area contributed by atoms with Crippen molar-refractivity contribution in [3.05, 3.63) is 29.1 Å². The summed E-state index contributed by atoms with van der Waals surface area (Å²) in [7, 11) is 1.68. The van der Waals surface area contributed by atoms with Gasteiger partial charge in [-0.1, -0.05) is 26.8 Å². The fraction of sp³-hybridized carbons (Fsp3) is 0.611. The summed E-state index contributed by atoms with van der Waals surface area (Å²) in [5.41, 5.74) is 1.60. The predicted molar refractivity (Wildman–Crippen MR) is 85.8 cm³/mol. The van der Waals surface area contributed by atoms with E-state index in [4.69, 9.17) is 9.84 Å². The average Bonchev–Trinajstić information content (AvgIpc) is 2.93. The molecule has 0 fully saturated rings. The Hall–Kier alpha value is -1.93. The van der Waals surface area contributed by atoms with Crippen LogP contribution in [0.25, 0.3) is 0 Å². The highest BCUT2D eigenvalue weighted by Crippen LogP contribution is 2.54. The molecule has 0 spiro atoms. The maximum Gasteiger partial charge on any atom is 0.178 e. The van der Waals surface area contributed by atoms with Crippen LogP contribution in [0, 0.1) is 22.7 Å². The number of nitrogens with zero attached hydrogens (tertiary/aromatic N) is 3. The summed E-state index contributed by atoms with van der Waals surface area (Å²) in [4.78, 5) is 12.6. The molecule has 0 bridgehead atoms. The molecule has 0 saturated carbocycles. The number of hydrogen-bond donors (Lipinski definition) is 0. The molecule has 0 N–H and O–H groups in total. The van der Waals surface area contributed by atoms with Gasteiger partial charge in [0.25, 0.3) is 0 Å². The zero-order valence-electron chi connectivity index (χ0n) is 14.2. The van der Waals surface area contributed by atoms with Crippen LogP contribution in [-0.2, 0) is 27.9 Å². The molecule has 0 aliphatic heterocycles. The number of methoxy groups -OCH3 is 1. The lowest BCUT2D eigenvalue weighted by molar-refractivity contribution is -0.128. The van der Waals surface area contributed by atoms with Crippen LogP contribution in [0.3, 0.4) is 0 Å². The fourth-order valence-corrected chi connectivity index (χ4v) is 4.40. The molecule has 0 amide bonds. The predicted octanol–water partition coefficient (Wildman–Crippen LogP) is 2.41. The standard InChI is InChI=1S/C18H23N3O2/c1-17(2)14-6-5-12-11-21(7-8-23-4)20-15(12)18(14,3)9-13(10-19)16(17)22/h9,11,14H,5-8H2,1-4H3. The van der Waals surface area contributed by atoms with E-state index in [-0.39, 0.29) is 22.7 Å². The van der Waals surface area contributed by atoms with E-state index in [1.807, 2.05) is 24.6 Å². The molecular formula is C18H23N3O2.